The zero-order chi connectivity index (χ0) is 5.21. The van der Waals surface area contributed by atoms with Gasteiger partial charge in [0.05, 0.1) is 6.61 Å². The van der Waals surface area contributed by atoms with Crippen molar-refractivity contribution in [1.82, 2.24) is 0 Å². The van der Waals surface area contributed by atoms with Crippen LogP contribution in [-0.2, 0) is 5.11 Å². The molecule has 0 aliphatic carbocycles. The quantitative estimate of drug-likeness (QED) is 0.453. The minimum atomic E-state index is -0.0139. The second kappa shape index (κ2) is 3.58. The molecule has 0 heterocycles. The molecule has 0 amide bonds. The molecule has 1 nitrogen and oxygen atoms in total. The maximum atomic E-state index is 9.95. The summed E-state index contributed by atoms with van der Waals surface area (Å²) in [7, 11) is 0. The fourth-order valence-corrected chi connectivity index (χ4v) is 0. The topological polar surface area (TPSA) is 19.9 Å². The molecule has 0 fully saturated rings. The van der Waals surface area contributed by atoms with Crippen LogP contribution in [0.25, 0.3) is 0 Å². The van der Waals surface area contributed by atoms with Crippen LogP contribution in [0.1, 0.15) is 20.8 Å². The molecule has 0 atom stereocenters. The van der Waals surface area contributed by atoms with Crippen molar-refractivity contribution in [2.45, 2.75) is 20.8 Å². The molecule has 7 heavy (non-hydrogen) atoms. The number of hydrogen-bond acceptors (Lipinski definition) is 0. The Morgan fingerprint density at radius 3 is 1.43 bits per heavy atom. The third kappa shape index (κ3) is 10.8. The van der Waals surface area contributed by atoms with Crippen LogP contribution in [0.15, 0.2) is 0 Å². The summed E-state index contributed by atoms with van der Waals surface area (Å²) < 4.78 is 0. The van der Waals surface area contributed by atoms with Gasteiger partial charge in [-0.15, -0.1) is 0 Å². The Morgan fingerprint density at radius 2 is 1.43 bits per heavy atom. The van der Waals surface area contributed by atoms with E-state index in [2.05, 4.69) is 0 Å². The second-order valence-electron chi connectivity index (χ2n) is 2.70. The molecule has 0 unspecified atom stereocenters. The van der Waals surface area contributed by atoms with E-state index in [1.165, 1.54) is 0 Å². The van der Waals surface area contributed by atoms with Crippen LogP contribution in [0.2, 0.25) is 0 Å². The van der Waals surface area contributed by atoms with E-state index in [4.69, 9.17) is 0 Å². The average molecular weight is 160 g/mol. The van der Waals surface area contributed by atoms with E-state index >= 15 is 0 Å². The van der Waals surface area contributed by atoms with E-state index in [9.17, 15) is 5.11 Å². The summed E-state index contributed by atoms with van der Waals surface area (Å²) in [4.78, 5) is 0. The molecule has 0 saturated carbocycles. The first kappa shape index (κ1) is 10.6. The molecule has 0 saturated heterocycles. The van der Waals surface area contributed by atoms with Gasteiger partial charge in [0, 0.05) is 0 Å². The Balaban J connectivity index is 0. The van der Waals surface area contributed by atoms with Gasteiger partial charge in [-0.3, -0.25) is 0 Å². The predicted octanol–water partition coefficient (Wildman–Crippen LogP) is 0.279. The minimum absolute atomic E-state index is 0. The third-order valence-corrected chi connectivity index (χ3v) is 0.433. The first-order valence-electron chi connectivity index (χ1n) is 2.14. The molecule has 0 aliphatic rings. The van der Waals surface area contributed by atoms with Gasteiger partial charge in [0.25, 0.3) is 0 Å². The van der Waals surface area contributed by atoms with Gasteiger partial charge in [-0.05, 0) is 5.41 Å². The van der Waals surface area contributed by atoms with E-state index in [-0.39, 0.29) is 31.8 Å². The van der Waals surface area contributed by atoms with E-state index in [0.29, 0.717) is 0 Å². The molecule has 0 aromatic heterocycles. The Morgan fingerprint density at radius 1 is 1.29 bits per heavy atom. The number of rotatable bonds is 0. The SMILES string of the molecule is CC(C)(C)C[O].[GaH3]. The van der Waals surface area contributed by atoms with E-state index in [1.54, 1.807) is 0 Å². The fraction of sp³-hybridized carbons (Fsp3) is 1.00. The average Bonchev–Trinajstić information content (AvgIpc) is 1.35. The summed E-state index contributed by atoms with van der Waals surface area (Å²) in [5.41, 5.74) is -0.0139. The monoisotopic (exact) mass is 159 g/mol. The third-order valence-electron chi connectivity index (χ3n) is 0.433. The van der Waals surface area contributed by atoms with Crippen molar-refractivity contribution >= 4 is 19.8 Å². The van der Waals surface area contributed by atoms with Crippen molar-refractivity contribution in [3.63, 3.8) is 0 Å². The van der Waals surface area contributed by atoms with Gasteiger partial charge in [0.1, 0.15) is 0 Å². The van der Waals surface area contributed by atoms with Crippen LogP contribution >= 0.6 is 0 Å². The molecule has 1 radical (unpaired) electrons. The van der Waals surface area contributed by atoms with Gasteiger partial charge in [0.2, 0.25) is 0 Å². The van der Waals surface area contributed by atoms with Crippen LogP contribution in [0.5, 0.6) is 0 Å². The van der Waals surface area contributed by atoms with Gasteiger partial charge in [-0.25, -0.2) is 5.11 Å². The predicted molar refractivity (Wildman–Crippen MR) is 34.9 cm³/mol. The summed E-state index contributed by atoms with van der Waals surface area (Å²) in [6.07, 6.45) is 0. The van der Waals surface area contributed by atoms with Crippen molar-refractivity contribution in [2.24, 2.45) is 5.41 Å². The van der Waals surface area contributed by atoms with Crippen LogP contribution in [0.3, 0.4) is 0 Å². The Hall–Kier alpha value is 0.596. The zero-order valence-corrected chi connectivity index (χ0v) is 4.62. The van der Waals surface area contributed by atoms with Gasteiger partial charge < -0.3 is 0 Å². The normalized spacial score (nSPS) is 10.3. The van der Waals surface area contributed by atoms with Crippen LogP contribution in [-0.4, -0.2) is 26.4 Å². The molecular weight excluding hydrogens is 146 g/mol. The first-order valence-corrected chi connectivity index (χ1v) is 2.14. The number of hydrogen-bond donors (Lipinski definition) is 0. The maximum absolute atomic E-state index is 9.95. The summed E-state index contributed by atoms with van der Waals surface area (Å²) in [6, 6.07) is 0. The molecule has 43 valence electrons. The Kier molecular flexibility index (Phi) is 5.40. The van der Waals surface area contributed by atoms with Gasteiger partial charge in [-0.2, -0.15) is 0 Å². The van der Waals surface area contributed by atoms with Gasteiger partial charge >= 0.3 is 19.8 Å². The molecule has 0 rings (SSSR count). The van der Waals surface area contributed by atoms with E-state index in [0.717, 1.165) is 0 Å². The summed E-state index contributed by atoms with van der Waals surface area (Å²) >= 11 is 0. The van der Waals surface area contributed by atoms with Crippen molar-refractivity contribution in [1.29, 1.82) is 0 Å². The molecule has 0 bridgehead atoms. The molecule has 0 aliphatic heterocycles. The van der Waals surface area contributed by atoms with Crippen molar-refractivity contribution in [3.05, 3.63) is 0 Å². The van der Waals surface area contributed by atoms with Gasteiger partial charge in [0.15, 0.2) is 0 Å². The van der Waals surface area contributed by atoms with Gasteiger partial charge in [-0.1, -0.05) is 20.8 Å². The van der Waals surface area contributed by atoms with E-state index < -0.39 is 0 Å². The van der Waals surface area contributed by atoms with Crippen LogP contribution in [0, 0.1) is 5.41 Å². The molecular formula is C5H14GaO. The van der Waals surface area contributed by atoms with Crippen LogP contribution < -0.4 is 0 Å². The molecule has 0 N–H and O–H groups in total. The molecule has 0 spiro atoms. The summed E-state index contributed by atoms with van der Waals surface area (Å²) in [6.45, 7) is 5.81. The Labute approximate surface area is 58.2 Å². The molecule has 2 heteroatoms. The summed E-state index contributed by atoms with van der Waals surface area (Å²) in [5.74, 6) is 0. The zero-order valence-electron chi connectivity index (χ0n) is 4.62. The second-order valence-corrected chi connectivity index (χ2v) is 2.70. The summed E-state index contributed by atoms with van der Waals surface area (Å²) in [5, 5.41) is 9.95. The fourth-order valence-electron chi connectivity index (χ4n) is 0. The standard InChI is InChI=1S/C5H11O.Ga.3H/c1-5(2,3)4-6;;;;/h4H2,1-3H3;;;;. The Bertz CT molecular complexity index is 37.8. The van der Waals surface area contributed by atoms with Crippen molar-refractivity contribution < 1.29 is 5.11 Å². The van der Waals surface area contributed by atoms with E-state index in [1.807, 2.05) is 20.8 Å². The molecule has 0 aromatic carbocycles. The van der Waals surface area contributed by atoms with Crippen molar-refractivity contribution in [3.8, 4) is 0 Å². The molecule has 0 aromatic rings. The first-order chi connectivity index (χ1) is 2.56. The van der Waals surface area contributed by atoms with Crippen LogP contribution in [0.4, 0.5) is 0 Å². The van der Waals surface area contributed by atoms with Crippen molar-refractivity contribution in [2.75, 3.05) is 6.61 Å².